The molecule has 0 fully saturated rings. The van der Waals surface area contributed by atoms with E-state index in [4.69, 9.17) is 14.6 Å². The molecule has 2 aromatic rings. The van der Waals surface area contributed by atoms with Gasteiger partial charge in [0, 0.05) is 23.1 Å². The molecule has 0 aliphatic carbocycles. The Morgan fingerprint density at radius 3 is 2.88 bits per heavy atom. The number of nitrogens with one attached hydrogen (secondary N) is 1. The van der Waals surface area contributed by atoms with Gasteiger partial charge in [-0.25, -0.2) is 4.68 Å². The number of anilines is 1. The molecular weight excluding hydrogens is 350 g/mol. The highest BCUT2D eigenvalue weighted by Gasteiger charge is 2.28. The first-order chi connectivity index (χ1) is 12.4. The van der Waals surface area contributed by atoms with Crippen molar-refractivity contribution in [3.8, 4) is 11.5 Å². The van der Waals surface area contributed by atoms with Gasteiger partial charge in [0.05, 0.1) is 11.2 Å². The summed E-state index contributed by atoms with van der Waals surface area (Å²) in [6, 6.07) is 5.60. The summed E-state index contributed by atoms with van der Waals surface area (Å²) in [7, 11) is 0. The van der Waals surface area contributed by atoms with Gasteiger partial charge in [0.2, 0.25) is 12.7 Å². The van der Waals surface area contributed by atoms with E-state index in [1.807, 2.05) is 34.6 Å². The summed E-state index contributed by atoms with van der Waals surface area (Å²) in [6.07, 6.45) is 3.30. The summed E-state index contributed by atoms with van der Waals surface area (Å²) < 4.78 is 12.6. The van der Waals surface area contributed by atoms with Gasteiger partial charge in [-0.05, 0) is 44.5 Å². The van der Waals surface area contributed by atoms with E-state index in [0.717, 1.165) is 39.9 Å². The molecule has 7 heteroatoms. The minimum atomic E-state index is -0.196. The van der Waals surface area contributed by atoms with Crippen molar-refractivity contribution in [1.82, 2.24) is 9.78 Å². The van der Waals surface area contributed by atoms with E-state index >= 15 is 0 Å². The van der Waals surface area contributed by atoms with Gasteiger partial charge < -0.3 is 14.8 Å². The van der Waals surface area contributed by atoms with Crippen molar-refractivity contribution in [2.45, 2.75) is 37.8 Å². The van der Waals surface area contributed by atoms with Crippen LogP contribution < -0.4 is 14.8 Å². The predicted molar refractivity (Wildman–Crippen MR) is 102 cm³/mol. The summed E-state index contributed by atoms with van der Waals surface area (Å²) in [5.74, 6) is 3.84. The zero-order valence-electron chi connectivity index (χ0n) is 15.0. The van der Waals surface area contributed by atoms with E-state index in [2.05, 4.69) is 26.1 Å². The Labute approximate surface area is 156 Å². The Balaban J connectivity index is 1.54. The quantitative estimate of drug-likeness (QED) is 0.832. The topological polar surface area (TPSA) is 65.4 Å². The minimum Gasteiger partial charge on any atom is -0.454 e. The van der Waals surface area contributed by atoms with E-state index in [1.165, 1.54) is 6.08 Å². The van der Waals surface area contributed by atoms with Gasteiger partial charge in [-0.2, -0.15) is 16.9 Å². The second kappa shape index (κ2) is 6.39. The maximum absolute atomic E-state index is 12.5. The van der Waals surface area contributed by atoms with Crippen LogP contribution in [0, 0.1) is 0 Å². The van der Waals surface area contributed by atoms with Crippen molar-refractivity contribution >= 4 is 29.6 Å². The Kier molecular flexibility index (Phi) is 4.19. The molecule has 0 atom stereocenters. The maximum atomic E-state index is 12.5. The van der Waals surface area contributed by atoms with Gasteiger partial charge in [0.1, 0.15) is 5.82 Å². The van der Waals surface area contributed by atoms with Crippen molar-refractivity contribution in [1.29, 1.82) is 0 Å². The van der Waals surface area contributed by atoms with Gasteiger partial charge in [-0.15, -0.1) is 0 Å². The van der Waals surface area contributed by atoms with E-state index in [-0.39, 0.29) is 18.2 Å². The number of amides is 1. The van der Waals surface area contributed by atoms with Gasteiger partial charge in [-0.3, -0.25) is 4.79 Å². The number of thioether (sulfide) groups is 1. The molecule has 0 radical (unpaired) electrons. The van der Waals surface area contributed by atoms with Crippen molar-refractivity contribution in [3.63, 3.8) is 0 Å². The van der Waals surface area contributed by atoms with Crippen LogP contribution in [0.15, 0.2) is 24.3 Å². The van der Waals surface area contributed by atoms with Crippen LogP contribution in [-0.2, 0) is 21.8 Å². The Bertz CT molecular complexity index is 896. The third-order valence-electron chi connectivity index (χ3n) is 4.25. The fraction of sp³-hybridized carbons (Fsp3) is 0.368. The molecule has 2 aliphatic heterocycles. The van der Waals surface area contributed by atoms with E-state index in [1.54, 1.807) is 6.08 Å². The van der Waals surface area contributed by atoms with Gasteiger partial charge in [-0.1, -0.05) is 6.07 Å². The highest BCUT2D eigenvalue weighted by Crippen LogP contribution is 2.37. The number of benzene rings is 1. The SMILES string of the molecule is CC(C)(C)n1nc2c(c1NC(=O)C=Cc1ccc3c(c1)OCO3)CSC2. The summed E-state index contributed by atoms with van der Waals surface area (Å²) in [6.45, 7) is 6.49. The number of hydrogen-bond acceptors (Lipinski definition) is 5. The summed E-state index contributed by atoms with van der Waals surface area (Å²) in [4.78, 5) is 12.5. The van der Waals surface area contributed by atoms with Crippen LogP contribution in [0.2, 0.25) is 0 Å². The fourth-order valence-electron chi connectivity index (χ4n) is 2.97. The molecule has 2 aliphatic rings. The number of fused-ring (bicyclic) bond motifs is 2. The molecule has 136 valence electrons. The normalized spacial score (nSPS) is 15.5. The molecule has 0 saturated carbocycles. The second-order valence-electron chi connectivity index (χ2n) is 7.28. The monoisotopic (exact) mass is 371 g/mol. The number of carbonyl (C=O) groups is 1. The van der Waals surface area contributed by atoms with E-state index in [9.17, 15) is 4.79 Å². The van der Waals surface area contributed by atoms with E-state index < -0.39 is 0 Å². The van der Waals surface area contributed by atoms with Crippen LogP contribution >= 0.6 is 11.8 Å². The van der Waals surface area contributed by atoms with E-state index in [0.29, 0.717) is 5.75 Å². The van der Waals surface area contributed by atoms with Crippen molar-refractivity contribution in [3.05, 3.63) is 41.1 Å². The number of rotatable bonds is 3. The number of carbonyl (C=O) groups excluding carboxylic acids is 1. The van der Waals surface area contributed by atoms with Gasteiger partial charge in [0.25, 0.3) is 0 Å². The molecule has 1 aromatic carbocycles. The standard InChI is InChI=1S/C19H21N3O3S/c1-19(2,3)22-18(13-9-26-10-14(13)21-22)20-17(23)7-5-12-4-6-15-16(8-12)25-11-24-15/h4-8H,9-11H2,1-3H3,(H,20,23). The van der Waals surface area contributed by atoms with Crippen LogP contribution in [0.4, 0.5) is 5.82 Å². The summed E-state index contributed by atoms with van der Waals surface area (Å²) in [5.41, 5.74) is 2.89. The summed E-state index contributed by atoms with van der Waals surface area (Å²) in [5, 5.41) is 7.72. The van der Waals surface area contributed by atoms with Crippen molar-refractivity contribution in [2.75, 3.05) is 12.1 Å². The van der Waals surface area contributed by atoms with Crippen LogP contribution in [0.1, 0.15) is 37.6 Å². The Hall–Kier alpha value is -2.41. The molecular formula is C19H21N3O3S. The zero-order valence-corrected chi connectivity index (χ0v) is 15.9. The molecule has 1 aromatic heterocycles. The lowest BCUT2D eigenvalue weighted by atomic mass is 10.1. The Morgan fingerprint density at radius 1 is 1.27 bits per heavy atom. The minimum absolute atomic E-state index is 0.173. The highest BCUT2D eigenvalue weighted by atomic mass is 32.2. The first-order valence-corrected chi connectivity index (χ1v) is 9.65. The maximum Gasteiger partial charge on any atom is 0.249 e. The van der Waals surface area contributed by atoms with Crippen LogP contribution in [0.5, 0.6) is 11.5 Å². The molecule has 3 heterocycles. The van der Waals surface area contributed by atoms with Crippen molar-refractivity contribution < 1.29 is 14.3 Å². The lowest BCUT2D eigenvalue weighted by Crippen LogP contribution is -2.26. The number of ether oxygens (including phenoxy) is 2. The first-order valence-electron chi connectivity index (χ1n) is 8.49. The molecule has 1 N–H and O–H groups in total. The predicted octanol–water partition coefficient (Wildman–Crippen LogP) is 3.77. The molecule has 0 saturated heterocycles. The lowest BCUT2D eigenvalue weighted by molar-refractivity contribution is -0.111. The van der Waals surface area contributed by atoms with Gasteiger partial charge >= 0.3 is 0 Å². The number of nitrogens with zero attached hydrogens (tertiary/aromatic N) is 2. The molecule has 26 heavy (non-hydrogen) atoms. The summed E-state index contributed by atoms with van der Waals surface area (Å²) >= 11 is 1.82. The third-order valence-corrected chi connectivity index (χ3v) is 5.22. The zero-order chi connectivity index (χ0) is 18.3. The number of aromatic nitrogens is 2. The van der Waals surface area contributed by atoms with Crippen molar-refractivity contribution in [2.24, 2.45) is 0 Å². The van der Waals surface area contributed by atoms with Crippen LogP contribution in [-0.4, -0.2) is 22.5 Å². The molecule has 0 spiro atoms. The average molecular weight is 371 g/mol. The molecule has 0 bridgehead atoms. The molecule has 4 rings (SSSR count). The van der Waals surface area contributed by atoms with Crippen LogP contribution in [0.25, 0.3) is 6.08 Å². The molecule has 0 unspecified atom stereocenters. The highest BCUT2D eigenvalue weighted by molar-refractivity contribution is 7.98. The third kappa shape index (κ3) is 3.19. The Morgan fingerprint density at radius 2 is 2.08 bits per heavy atom. The van der Waals surface area contributed by atoms with Crippen LogP contribution in [0.3, 0.4) is 0 Å². The molecule has 6 nitrogen and oxygen atoms in total. The first kappa shape index (κ1) is 17.0. The molecule has 1 amide bonds. The largest absolute Gasteiger partial charge is 0.454 e. The lowest BCUT2D eigenvalue weighted by Gasteiger charge is -2.23. The fourth-order valence-corrected chi connectivity index (χ4v) is 4.01. The second-order valence-corrected chi connectivity index (χ2v) is 8.27. The average Bonchev–Trinajstić information content (AvgIpc) is 3.28. The number of hydrogen-bond donors (Lipinski definition) is 1. The van der Waals surface area contributed by atoms with Gasteiger partial charge in [0.15, 0.2) is 11.5 Å². The smallest absolute Gasteiger partial charge is 0.249 e.